The van der Waals surface area contributed by atoms with Gasteiger partial charge >= 0.3 is 0 Å². The molecule has 2 aromatic rings. The second kappa shape index (κ2) is 7.96. The number of rotatable bonds is 5. The van der Waals surface area contributed by atoms with Crippen LogP contribution in [0.5, 0.6) is 0 Å². The largest absolute Gasteiger partial charge is 0.368 e. The molecular formula is C19H25N5O. The summed E-state index contributed by atoms with van der Waals surface area (Å²) in [5, 5.41) is 0. The molecule has 25 heavy (non-hydrogen) atoms. The molecule has 3 rings (SSSR count). The molecule has 0 spiro atoms. The summed E-state index contributed by atoms with van der Waals surface area (Å²) in [6.45, 7) is 9.14. The van der Waals surface area contributed by atoms with Gasteiger partial charge in [-0.3, -0.25) is 9.78 Å². The number of amides is 1. The molecule has 0 N–H and O–H groups in total. The number of piperazine rings is 1. The predicted molar refractivity (Wildman–Crippen MR) is 100 cm³/mol. The van der Waals surface area contributed by atoms with Crippen molar-refractivity contribution in [3.8, 4) is 0 Å². The van der Waals surface area contributed by atoms with E-state index < -0.39 is 0 Å². The molecule has 0 radical (unpaired) electrons. The lowest BCUT2D eigenvalue weighted by Crippen LogP contribution is -2.48. The van der Waals surface area contributed by atoms with Crippen LogP contribution in [-0.4, -0.2) is 60.0 Å². The topological polar surface area (TPSA) is 52.6 Å². The van der Waals surface area contributed by atoms with Crippen LogP contribution in [0, 0.1) is 0 Å². The van der Waals surface area contributed by atoms with Crippen molar-refractivity contribution < 1.29 is 4.79 Å². The van der Waals surface area contributed by atoms with Crippen LogP contribution in [0.25, 0.3) is 0 Å². The first kappa shape index (κ1) is 17.2. The summed E-state index contributed by atoms with van der Waals surface area (Å²) < 4.78 is 0. The highest BCUT2D eigenvalue weighted by atomic mass is 16.2. The molecule has 0 atom stereocenters. The second-order valence-electron chi connectivity index (χ2n) is 6.06. The lowest BCUT2D eigenvalue weighted by Gasteiger charge is -2.36. The van der Waals surface area contributed by atoms with E-state index >= 15 is 0 Å². The minimum Gasteiger partial charge on any atom is -0.368 e. The number of hydrogen-bond acceptors (Lipinski definition) is 5. The molecule has 1 amide bonds. The summed E-state index contributed by atoms with van der Waals surface area (Å²) in [6.07, 6.45) is 5.30. The van der Waals surface area contributed by atoms with Gasteiger partial charge in [0.25, 0.3) is 5.91 Å². The van der Waals surface area contributed by atoms with E-state index in [0.29, 0.717) is 5.56 Å². The fourth-order valence-corrected chi connectivity index (χ4v) is 3.15. The Kier molecular flexibility index (Phi) is 5.48. The zero-order chi connectivity index (χ0) is 17.6. The average Bonchev–Trinajstić information content (AvgIpc) is 2.70. The first-order valence-electron chi connectivity index (χ1n) is 8.88. The summed E-state index contributed by atoms with van der Waals surface area (Å²) in [7, 11) is 0. The highest BCUT2D eigenvalue weighted by molar-refractivity contribution is 5.94. The molecule has 1 aliphatic rings. The molecule has 0 saturated carbocycles. The lowest BCUT2D eigenvalue weighted by molar-refractivity contribution is 0.0746. The van der Waals surface area contributed by atoms with Gasteiger partial charge in [0.05, 0.1) is 5.56 Å². The van der Waals surface area contributed by atoms with Crippen LogP contribution in [0.4, 0.5) is 11.5 Å². The zero-order valence-corrected chi connectivity index (χ0v) is 14.9. The highest BCUT2D eigenvalue weighted by Gasteiger charge is 2.22. The Labute approximate surface area is 149 Å². The van der Waals surface area contributed by atoms with Crippen LogP contribution in [0.1, 0.15) is 24.2 Å². The first-order valence-corrected chi connectivity index (χ1v) is 8.88. The van der Waals surface area contributed by atoms with E-state index in [4.69, 9.17) is 0 Å². The summed E-state index contributed by atoms with van der Waals surface area (Å²) >= 11 is 0. The fraction of sp³-hybridized carbons (Fsp3) is 0.421. The van der Waals surface area contributed by atoms with Gasteiger partial charge in [0.2, 0.25) is 0 Å². The van der Waals surface area contributed by atoms with Crippen molar-refractivity contribution in [1.29, 1.82) is 0 Å². The van der Waals surface area contributed by atoms with Crippen LogP contribution in [0.2, 0.25) is 0 Å². The molecule has 1 saturated heterocycles. The molecule has 1 aliphatic heterocycles. The van der Waals surface area contributed by atoms with Gasteiger partial charge in [0.15, 0.2) is 0 Å². The Morgan fingerprint density at radius 3 is 2.28 bits per heavy atom. The number of hydrogen-bond donors (Lipinski definition) is 0. The minimum absolute atomic E-state index is 0.0629. The van der Waals surface area contributed by atoms with E-state index in [1.54, 1.807) is 18.6 Å². The number of carbonyl (C=O) groups excluding carboxylic acids is 1. The maximum Gasteiger partial charge on any atom is 0.255 e. The molecule has 6 heteroatoms. The normalized spacial score (nSPS) is 14.5. The Balaban J connectivity index is 1.61. The number of aromatic nitrogens is 2. The van der Waals surface area contributed by atoms with Crippen LogP contribution in [0.3, 0.4) is 0 Å². The number of anilines is 2. The third-order valence-electron chi connectivity index (χ3n) is 4.68. The van der Waals surface area contributed by atoms with Crippen LogP contribution < -0.4 is 9.80 Å². The summed E-state index contributed by atoms with van der Waals surface area (Å²) in [4.78, 5) is 27.6. The summed E-state index contributed by atoms with van der Waals surface area (Å²) in [6, 6.07) is 7.84. The Hall–Kier alpha value is -2.63. The van der Waals surface area contributed by atoms with E-state index in [-0.39, 0.29) is 5.91 Å². The van der Waals surface area contributed by atoms with Crippen molar-refractivity contribution in [2.45, 2.75) is 13.8 Å². The number of nitrogens with zero attached hydrogens (tertiary/aromatic N) is 5. The second-order valence-corrected chi connectivity index (χ2v) is 6.06. The van der Waals surface area contributed by atoms with E-state index in [1.807, 2.05) is 29.2 Å². The van der Waals surface area contributed by atoms with E-state index in [2.05, 4.69) is 33.6 Å². The van der Waals surface area contributed by atoms with Gasteiger partial charge in [0.1, 0.15) is 5.82 Å². The summed E-state index contributed by atoms with van der Waals surface area (Å²) in [5.41, 5.74) is 1.82. The van der Waals surface area contributed by atoms with E-state index in [0.717, 1.165) is 50.8 Å². The molecule has 1 fully saturated rings. The number of pyridine rings is 2. The van der Waals surface area contributed by atoms with Crippen molar-refractivity contribution in [1.82, 2.24) is 14.9 Å². The standard InChI is InChI=1S/C19H25N5O/c1-3-22(4-2)18-6-5-16(15-21-18)19(25)24-13-11-23(12-14-24)17-7-9-20-10-8-17/h5-10,15H,3-4,11-14H2,1-2H3. The van der Waals surface area contributed by atoms with Crippen molar-refractivity contribution >= 4 is 17.4 Å². The molecule has 2 aromatic heterocycles. The quantitative estimate of drug-likeness (QED) is 0.836. The van der Waals surface area contributed by atoms with Crippen molar-refractivity contribution in [3.05, 3.63) is 48.4 Å². The Bertz CT molecular complexity index is 677. The Morgan fingerprint density at radius 2 is 1.72 bits per heavy atom. The van der Waals surface area contributed by atoms with E-state index in [9.17, 15) is 4.79 Å². The predicted octanol–water partition coefficient (Wildman–Crippen LogP) is 2.29. The molecule has 0 aromatic carbocycles. The molecule has 0 aliphatic carbocycles. The van der Waals surface area contributed by atoms with Gasteiger partial charge in [-0.05, 0) is 38.1 Å². The Morgan fingerprint density at radius 1 is 1.04 bits per heavy atom. The monoisotopic (exact) mass is 339 g/mol. The third-order valence-corrected chi connectivity index (χ3v) is 4.68. The molecule has 6 nitrogen and oxygen atoms in total. The third kappa shape index (κ3) is 3.90. The van der Waals surface area contributed by atoms with Crippen molar-refractivity contribution in [2.24, 2.45) is 0 Å². The first-order chi connectivity index (χ1) is 12.2. The zero-order valence-electron chi connectivity index (χ0n) is 14.9. The van der Waals surface area contributed by atoms with Gasteiger partial charge in [-0.25, -0.2) is 4.98 Å². The van der Waals surface area contributed by atoms with Crippen LogP contribution in [0.15, 0.2) is 42.9 Å². The van der Waals surface area contributed by atoms with Gasteiger partial charge in [-0.2, -0.15) is 0 Å². The maximum absolute atomic E-state index is 12.7. The minimum atomic E-state index is 0.0629. The molecule has 0 unspecified atom stereocenters. The average molecular weight is 339 g/mol. The van der Waals surface area contributed by atoms with E-state index in [1.165, 1.54) is 0 Å². The van der Waals surface area contributed by atoms with Crippen molar-refractivity contribution in [3.63, 3.8) is 0 Å². The molecule has 0 bridgehead atoms. The van der Waals surface area contributed by atoms with Gasteiger partial charge < -0.3 is 14.7 Å². The van der Waals surface area contributed by atoms with Crippen LogP contribution >= 0.6 is 0 Å². The maximum atomic E-state index is 12.7. The van der Waals surface area contributed by atoms with Gasteiger partial charge in [-0.15, -0.1) is 0 Å². The smallest absolute Gasteiger partial charge is 0.255 e. The summed E-state index contributed by atoms with van der Waals surface area (Å²) in [5.74, 6) is 0.983. The SMILES string of the molecule is CCN(CC)c1ccc(C(=O)N2CCN(c3ccncc3)CC2)cn1. The lowest BCUT2D eigenvalue weighted by atomic mass is 10.2. The van der Waals surface area contributed by atoms with Gasteiger partial charge in [0, 0.05) is 63.5 Å². The molecular weight excluding hydrogens is 314 g/mol. The molecule has 132 valence electrons. The van der Waals surface area contributed by atoms with Crippen molar-refractivity contribution in [2.75, 3.05) is 49.1 Å². The number of carbonyl (C=O) groups is 1. The van der Waals surface area contributed by atoms with Gasteiger partial charge in [-0.1, -0.05) is 0 Å². The molecule has 3 heterocycles. The highest BCUT2D eigenvalue weighted by Crippen LogP contribution is 2.17. The fourth-order valence-electron chi connectivity index (χ4n) is 3.15. The van der Waals surface area contributed by atoms with Crippen LogP contribution in [-0.2, 0) is 0 Å².